The van der Waals surface area contributed by atoms with E-state index in [0.717, 1.165) is 50.0 Å². The van der Waals surface area contributed by atoms with Crippen molar-refractivity contribution in [2.75, 3.05) is 13.2 Å². The van der Waals surface area contributed by atoms with E-state index in [0.29, 0.717) is 13.0 Å². The standard InChI is InChI=1S/C16H25NO2/c1-2-13-19-16-11-7-6-9-14(16)15(18)10-5-3-4-8-12-17/h6-7,9,11H,2-5,8,10,12-13,17H2,1H3. The van der Waals surface area contributed by atoms with Gasteiger partial charge in [-0.05, 0) is 37.9 Å². The molecule has 0 radical (unpaired) electrons. The van der Waals surface area contributed by atoms with Crippen molar-refractivity contribution in [2.45, 2.75) is 45.4 Å². The fourth-order valence-electron chi connectivity index (χ4n) is 1.95. The highest BCUT2D eigenvalue weighted by atomic mass is 16.5. The Balaban J connectivity index is 2.46. The third kappa shape index (κ3) is 5.88. The molecule has 0 aliphatic rings. The van der Waals surface area contributed by atoms with Crippen LogP contribution in [0.3, 0.4) is 0 Å². The van der Waals surface area contributed by atoms with Crippen LogP contribution in [0.25, 0.3) is 0 Å². The van der Waals surface area contributed by atoms with E-state index in [2.05, 4.69) is 6.92 Å². The van der Waals surface area contributed by atoms with E-state index in [9.17, 15) is 4.79 Å². The SMILES string of the molecule is CCCOc1ccccc1C(=O)CCCCCCN. The maximum Gasteiger partial charge on any atom is 0.166 e. The molecule has 0 saturated heterocycles. The van der Waals surface area contributed by atoms with Crippen LogP contribution in [0.15, 0.2) is 24.3 Å². The summed E-state index contributed by atoms with van der Waals surface area (Å²) in [6, 6.07) is 7.52. The molecule has 2 N–H and O–H groups in total. The molecule has 0 spiro atoms. The number of benzene rings is 1. The first kappa shape index (κ1) is 15.7. The van der Waals surface area contributed by atoms with Gasteiger partial charge in [-0.25, -0.2) is 0 Å². The highest BCUT2D eigenvalue weighted by Crippen LogP contribution is 2.21. The van der Waals surface area contributed by atoms with Gasteiger partial charge in [-0.1, -0.05) is 31.9 Å². The van der Waals surface area contributed by atoms with Crippen LogP contribution in [0, 0.1) is 0 Å². The highest BCUT2D eigenvalue weighted by molar-refractivity contribution is 5.98. The van der Waals surface area contributed by atoms with Gasteiger partial charge in [0.1, 0.15) is 5.75 Å². The number of para-hydroxylation sites is 1. The number of carbonyl (C=O) groups excluding carboxylic acids is 1. The monoisotopic (exact) mass is 263 g/mol. The Morgan fingerprint density at radius 1 is 1.16 bits per heavy atom. The molecule has 106 valence electrons. The summed E-state index contributed by atoms with van der Waals surface area (Å²) in [6.07, 6.45) is 5.70. The molecule has 3 nitrogen and oxygen atoms in total. The van der Waals surface area contributed by atoms with Crippen molar-refractivity contribution >= 4 is 5.78 Å². The lowest BCUT2D eigenvalue weighted by Crippen LogP contribution is -2.05. The van der Waals surface area contributed by atoms with Crippen LogP contribution >= 0.6 is 0 Å². The van der Waals surface area contributed by atoms with Crippen molar-refractivity contribution < 1.29 is 9.53 Å². The summed E-state index contributed by atoms with van der Waals surface area (Å²) in [5.41, 5.74) is 6.16. The number of ether oxygens (including phenoxy) is 1. The molecule has 0 aliphatic carbocycles. The van der Waals surface area contributed by atoms with E-state index in [1.54, 1.807) is 0 Å². The lowest BCUT2D eigenvalue weighted by molar-refractivity contribution is 0.0975. The maximum atomic E-state index is 12.2. The Labute approximate surface area is 116 Å². The summed E-state index contributed by atoms with van der Waals surface area (Å²) in [7, 11) is 0. The summed E-state index contributed by atoms with van der Waals surface area (Å²) < 4.78 is 5.61. The van der Waals surface area contributed by atoms with Gasteiger partial charge < -0.3 is 10.5 Å². The zero-order valence-electron chi connectivity index (χ0n) is 11.9. The van der Waals surface area contributed by atoms with E-state index < -0.39 is 0 Å². The largest absolute Gasteiger partial charge is 0.493 e. The number of carbonyl (C=O) groups is 1. The first-order chi connectivity index (χ1) is 9.29. The van der Waals surface area contributed by atoms with Gasteiger partial charge in [-0.15, -0.1) is 0 Å². The van der Waals surface area contributed by atoms with E-state index in [4.69, 9.17) is 10.5 Å². The zero-order chi connectivity index (χ0) is 13.9. The number of unbranched alkanes of at least 4 members (excludes halogenated alkanes) is 3. The number of nitrogens with two attached hydrogens (primary N) is 1. The Morgan fingerprint density at radius 3 is 2.63 bits per heavy atom. The van der Waals surface area contributed by atoms with Gasteiger partial charge in [-0.2, -0.15) is 0 Å². The van der Waals surface area contributed by atoms with Gasteiger partial charge in [0.05, 0.1) is 12.2 Å². The Kier molecular flexibility index (Phi) is 7.91. The molecular formula is C16H25NO2. The summed E-state index contributed by atoms with van der Waals surface area (Å²) in [4.78, 5) is 12.2. The first-order valence-electron chi connectivity index (χ1n) is 7.24. The van der Waals surface area contributed by atoms with E-state index in [1.807, 2.05) is 24.3 Å². The second-order valence-electron chi connectivity index (χ2n) is 4.72. The molecule has 0 heterocycles. The predicted octanol–water partition coefficient (Wildman–Crippen LogP) is 3.57. The molecule has 0 atom stereocenters. The molecule has 1 aromatic rings. The molecular weight excluding hydrogens is 238 g/mol. The normalized spacial score (nSPS) is 10.4. The average molecular weight is 263 g/mol. The number of hydrogen-bond donors (Lipinski definition) is 1. The number of Topliss-reactive ketones (excluding diaryl/α,β-unsaturated/α-hetero) is 1. The Morgan fingerprint density at radius 2 is 1.89 bits per heavy atom. The Bertz CT molecular complexity index is 377. The van der Waals surface area contributed by atoms with Crippen LogP contribution in [0.2, 0.25) is 0 Å². The van der Waals surface area contributed by atoms with Crippen molar-refractivity contribution in [3.8, 4) is 5.75 Å². The molecule has 19 heavy (non-hydrogen) atoms. The van der Waals surface area contributed by atoms with Gasteiger partial charge >= 0.3 is 0 Å². The van der Waals surface area contributed by atoms with Crippen molar-refractivity contribution in [1.29, 1.82) is 0 Å². The second kappa shape index (κ2) is 9.56. The van der Waals surface area contributed by atoms with Gasteiger partial charge in [0, 0.05) is 6.42 Å². The molecule has 0 aliphatic heterocycles. The molecule has 0 fully saturated rings. The number of ketones is 1. The third-order valence-electron chi connectivity index (χ3n) is 3.01. The van der Waals surface area contributed by atoms with Gasteiger partial charge in [0.15, 0.2) is 5.78 Å². The minimum Gasteiger partial charge on any atom is -0.493 e. The topological polar surface area (TPSA) is 52.3 Å². The first-order valence-corrected chi connectivity index (χ1v) is 7.24. The van der Waals surface area contributed by atoms with Crippen LogP contribution < -0.4 is 10.5 Å². The summed E-state index contributed by atoms with van der Waals surface area (Å²) in [6.45, 7) is 3.45. The third-order valence-corrected chi connectivity index (χ3v) is 3.01. The van der Waals surface area contributed by atoms with Crippen LogP contribution in [-0.4, -0.2) is 18.9 Å². The van der Waals surface area contributed by atoms with E-state index >= 15 is 0 Å². The fourth-order valence-corrected chi connectivity index (χ4v) is 1.95. The number of hydrogen-bond acceptors (Lipinski definition) is 3. The quantitative estimate of drug-likeness (QED) is 0.518. The van der Waals surface area contributed by atoms with Crippen molar-refractivity contribution in [2.24, 2.45) is 5.73 Å². The average Bonchev–Trinajstić information content (AvgIpc) is 2.45. The summed E-state index contributed by atoms with van der Waals surface area (Å²) >= 11 is 0. The fraction of sp³-hybridized carbons (Fsp3) is 0.562. The molecule has 0 aromatic heterocycles. The van der Waals surface area contributed by atoms with Crippen LogP contribution in [0.4, 0.5) is 0 Å². The highest BCUT2D eigenvalue weighted by Gasteiger charge is 2.11. The summed E-state index contributed by atoms with van der Waals surface area (Å²) in [5.74, 6) is 0.899. The summed E-state index contributed by atoms with van der Waals surface area (Å²) in [5, 5.41) is 0. The molecule has 3 heteroatoms. The van der Waals surface area contributed by atoms with Crippen molar-refractivity contribution in [3.63, 3.8) is 0 Å². The molecule has 0 saturated carbocycles. The molecule has 0 bridgehead atoms. The smallest absolute Gasteiger partial charge is 0.166 e. The van der Waals surface area contributed by atoms with E-state index in [1.165, 1.54) is 0 Å². The van der Waals surface area contributed by atoms with Crippen molar-refractivity contribution in [1.82, 2.24) is 0 Å². The number of rotatable bonds is 10. The van der Waals surface area contributed by atoms with E-state index in [-0.39, 0.29) is 5.78 Å². The maximum absolute atomic E-state index is 12.2. The lowest BCUT2D eigenvalue weighted by Gasteiger charge is -2.09. The van der Waals surface area contributed by atoms with Gasteiger partial charge in [0.2, 0.25) is 0 Å². The Hall–Kier alpha value is -1.35. The minimum absolute atomic E-state index is 0.180. The molecule has 1 rings (SSSR count). The van der Waals surface area contributed by atoms with Gasteiger partial charge in [0.25, 0.3) is 0 Å². The van der Waals surface area contributed by atoms with Gasteiger partial charge in [-0.3, -0.25) is 4.79 Å². The second-order valence-corrected chi connectivity index (χ2v) is 4.72. The van der Waals surface area contributed by atoms with Crippen LogP contribution in [0.5, 0.6) is 5.75 Å². The predicted molar refractivity (Wildman–Crippen MR) is 78.7 cm³/mol. The zero-order valence-corrected chi connectivity index (χ0v) is 11.9. The van der Waals surface area contributed by atoms with Crippen LogP contribution in [0.1, 0.15) is 55.8 Å². The lowest BCUT2D eigenvalue weighted by atomic mass is 10.0. The molecule has 0 unspecified atom stereocenters. The molecule has 0 amide bonds. The van der Waals surface area contributed by atoms with Crippen molar-refractivity contribution in [3.05, 3.63) is 29.8 Å². The molecule has 1 aromatic carbocycles. The van der Waals surface area contributed by atoms with Crippen LogP contribution in [-0.2, 0) is 0 Å². The minimum atomic E-state index is 0.180.